The van der Waals surface area contributed by atoms with Gasteiger partial charge < -0.3 is 10.4 Å². The van der Waals surface area contributed by atoms with Gasteiger partial charge in [0.05, 0.1) is 5.41 Å². The van der Waals surface area contributed by atoms with Gasteiger partial charge in [-0.25, -0.2) is 0 Å². The van der Waals surface area contributed by atoms with Crippen molar-refractivity contribution >= 4 is 11.9 Å². The minimum absolute atomic E-state index is 0.0387. The first-order chi connectivity index (χ1) is 8.19. The van der Waals surface area contributed by atoms with Crippen molar-refractivity contribution in [3.63, 3.8) is 0 Å². The molecule has 1 fully saturated rings. The molecule has 0 unspecified atom stereocenters. The number of amides is 1. The van der Waals surface area contributed by atoms with Crippen LogP contribution in [0.25, 0.3) is 0 Å². The van der Waals surface area contributed by atoms with Gasteiger partial charge in [0.15, 0.2) is 0 Å². The van der Waals surface area contributed by atoms with Gasteiger partial charge in [-0.1, -0.05) is 20.3 Å². The molecular formula is C14H25NO3. The largest absolute Gasteiger partial charge is 0.481 e. The van der Waals surface area contributed by atoms with Gasteiger partial charge in [0.2, 0.25) is 5.91 Å². The summed E-state index contributed by atoms with van der Waals surface area (Å²) in [6.07, 6.45) is 3.86. The first-order valence-electron chi connectivity index (χ1n) is 6.71. The van der Waals surface area contributed by atoms with Gasteiger partial charge in [0.25, 0.3) is 0 Å². The predicted octanol–water partition coefficient (Wildman–Crippen LogP) is 2.43. The molecule has 18 heavy (non-hydrogen) atoms. The molecule has 0 aliphatic heterocycles. The number of carboxylic acid groups (broad SMARTS) is 1. The molecule has 4 heteroatoms. The molecule has 1 rings (SSSR count). The lowest BCUT2D eigenvalue weighted by atomic mass is 9.64. The molecule has 0 aromatic carbocycles. The molecule has 1 aliphatic rings. The van der Waals surface area contributed by atoms with E-state index >= 15 is 0 Å². The normalized spacial score (nSPS) is 18.3. The molecule has 0 radical (unpaired) electrons. The Morgan fingerprint density at radius 2 is 1.89 bits per heavy atom. The number of hydrogen-bond donors (Lipinski definition) is 2. The van der Waals surface area contributed by atoms with E-state index in [4.69, 9.17) is 5.11 Å². The van der Waals surface area contributed by atoms with Gasteiger partial charge in [-0.15, -0.1) is 0 Å². The van der Waals surface area contributed by atoms with Crippen LogP contribution < -0.4 is 5.32 Å². The fourth-order valence-corrected chi connectivity index (χ4v) is 2.47. The zero-order valence-electron chi connectivity index (χ0n) is 11.9. The second-order valence-corrected chi connectivity index (χ2v) is 6.60. The van der Waals surface area contributed by atoms with Crippen molar-refractivity contribution in [3.8, 4) is 0 Å². The molecule has 0 aromatic heterocycles. The maximum Gasteiger partial charge on any atom is 0.310 e. The summed E-state index contributed by atoms with van der Waals surface area (Å²) >= 11 is 0. The van der Waals surface area contributed by atoms with Gasteiger partial charge in [0, 0.05) is 12.0 Å². The van der Waals surface area contributed by atoms with Crippen LogP contribution in [0.3, 0.4) is 0 Å². The maximum atomic E-state index is 12.2. The van der Waals surface area contributed by atoms with E-state index in [-0.39, 0.29) is 17.9 Å². The van der Waals surface area contributed by atoms with Gasteiger partial charge >= 0.3 is 5.97 Å². The Bertz CT molecular complexity index is 330. The van der Waals surface area contributed by atoms with Crippen LogP contribution >= 0.6 is 0 Å². The van der Waals surface area contributed by atoms with E-state index in [0.29, 0.717) is 5.92 Å². The Hall–Kier alpha value is -1.06. The average Bonchev–Trinajstić information content (AvgIpc) is 2.19. The van der Waals surface area contributed by atoms with E-state index in [9.17, 15) is 9.59 Å². The Kier molecular flexibility index (Phi) is 4.41. The molecule has 0 heterocycles. The van der Waals surface area contributed by atoms with E-state index in [1.807, 2.05) is 0 Å². The van der Waals surface area contributed by atoms with Crippen molar-refractivity contribution in [2.75, 3.05) is 6.54 Å². The third kappa shape index (κ3) is 3.24. The van der Waals surface area contributed by atoms with E-state index < -0.39 is 11.4 Å². The lowest BCUT2D eigenvalue weighted by molar-refractivity contribution is -0.147. The van der Waals surface area contributed by atoms with Crippen molar-refractivity contribution in [1.29, 1.82) is 0 Å². The van der Waals surface area contributed by atoms with Crippen LogP contribution in [0.2, 0.25) is 0 Å². The quantitative estimate of drug-likeness (QED) is 0.766. The zero-order valence-corrected chi connectivity index (χ0v) is 11.9. The van der Waals surface area contributed by atoms with E-state index in [2.05, 4.69) is 19.2 Å². The van der Waals surface area contributed by atoms with Crippen LogP contribution in [-0.2, 0) is 9.59 Å². The molecule has 0 saturated heterocycles. The van der Waals surface area contributed by atoms with Crippen molar-refractivity contribution < 1.29 is 14.7 Å². The highest BCUT2D eigenvalue weighted by Gasteiger charge is 2.44. The molecule has 2 N–H and O–H groups in total. The molecule has 0 aromatic rings. The fourth-order valence-electron chi connectivity index (χ4n) is 2.47. The Balaban J connectivity index is 2.57. The monoisotopic (exact) mass is 255 g/mol. The Morgan fingerprint density at radius 1 is 1.33 bits per heavy atom. The van der Waals surface area contributed by atoms with Crippen LogP contribution in [-0.4, -0.2) is 23.5 Å². The number of rotatable bonds is 6. The third-order valence-electron chi connectivity index (χ3n) is 3.86. The van der Waals surface area contributed by atoms with Crippen LogP contribution in [0, 0.1) is 16.7 Å². The number of nitrogens with one attached hydrogen (secondary N) is 1. The van der Waals surface area contributed by atoms with Crippen LogP contribution in [0.1, 0.15) is 53.4 Å². The lowest BCUT2D eigenvalue weighted by Gasteiger charge is -2.42. The summed E-state index contributed by atoms with van der Waals surface area (Å²) in [5, 5.41) is 11.9. The van der Waals surface area contributed by atoms with Crippen LogP contribution in [0.4, 0.5) is 0 Å². The minimum Gasteiger partial charge on any atom is -0.481 e. The molecule has 1 saturated carbocycles. The van der Waals surface area contributed by atoms with Crippen molar-refractivity contribution in [2.45, 2.75) is 53.4 Å². The highest BCUT2D eigenvalue weighted by molar-refractivity contribution is 5.84. The topological polar surface area (TPSA) is 66.4 Å². The molecule has 1 amide bonds. The molecule has 0 bridgehead atoms. The Labute approximate surface area is 109 Å². The fraction of sp³-hybridized carbons (Fsp3) is 0.857. The number of aliphatic carboxylic acids is 1. The molecule has 4 nitrogen and oxygen atoms in total. The number of carboxylic acids is 1. The van der Waals surface area contributed by atoms with Crippen molar-refractivity contribution in [3.05, 3.63) is 0 Å². The molecule has 0 atom stereocenters. The molecule has 104 valence electrons. The number of hydrogen-bond acceptors (Lipinski definition) is 2. The average molecular weight is 255 g/mol. The SMILES string of the molecule is CC(C)CC1(C(=O)NCC(C)(C)C(=O)O)CCC1. The first kappa shape index (κ1) is 15.0. The third-order valence-corrected chi connectivity index (χ3v) is 3.86. The van der Waals surface area contributed by atoms with Gasteiger partial charge in [0.1, 0.15) is 0 Å². The highest BCUT2D eigenvalue weighted by atomic mass is 16.4. The summed E-state index contributed by atoms with van der Waals surface area (Å²) < 4.78 is 0. The first-order valence-corrected chi connectivity index (χ1v) is 6.71. The van der Waals surface area contributed by atoms with E-state index in [1.165, 1.54) is 0 Å². The predicted molar refractivity (Wildman–Crippen MR) is 70.2 cm³/mol. The second kappa shape index (κ2) is 5.29. The van der Waals surface area contributed by atoms with Crippen molar-refractivity contribution in [1.82, 2.24) is 5.32 Å². The zero-order chi connectivity index (χ0) is 14.0. The van der Waals surface area contributed by atoms with Crippen LogP contribution in [0.5, 0.6) is 0 Å². The van der Waals surface area contributed by atoms with Crippen LogP contribution in [0.15, 0.2) is 0 Å². The summed E-state index contributed by atoms with van der Waals surface area (Å²) in [4.78, 5) is 23.2. The summed E-state index contributed by atoms with van der Waals surface area (Å²) in [6.45, 7) is 7.70. The van der Waals surface area contributed by atoms with Gasteiger partial charge in [-0.3, -0.25) is 9.59 Å². The lowest BCUT2D eigenvalue weighted by Crippen LogP contribution is -2.49. The summed E-state index contributed by atoms with van der Waals surface area (Å²) in [5.41, 5.74) is -1.14. The molecule has 1 aliphatic carbocycles. The number of carbonyl (C=O) groups is 2. The van der Waals surface area contributed by atoms with E-state index in [0.717, 1.165) is 25.7 Å². The van der Waals surface area contributed by atoms with Crippen molar-refractivity contribution in [2.24, 2.45) is 16.7 Å². The van der Waals surface area contributed by atoms with E-state index in [1.54, 1.807) is 13.8 Å². The molecular weight excluding hydrogens is 230 g/mol. The smallest absolute Gasteiger partial charge is 0.310 e. The number of carbonyl (C=O) groups excluding carboxylic acids is 1. The van der Waals surface area contributed by atoms with Gasteiger partial charge in [-0.05, 0) is 39.0 Å². The maximum absolute atomic E-state index is 12.2. The van der Waals surface area contributed by atoms with Gasteiger partial charge in [-0.2, -0.15) is 0 Å². The minimum atomic E-state index is -0.904. The standard InChI is InChI=1S/C14H25NO3/c1-10(2)8-14(6-5-7-14)11(16)15-9-13(3,4)12(17)18/h10H,5-9H2,1-4H3,(H,15,16)(H,17,18). The Morgan fingerprint density at radius 3 is 2.22 bits per heavy atom. The summed E-state index contributed by atoms with van der Waals surface area (Å²) in [6, 6.07) is 0. The summed E-state index contributed by atoms with van der Waals surface area (Å²) in [7, 11) is 0. The molecule has 0 spiro atoms. The highest BCUT2D eigenvalue weighted by Crippen LogP contribution is 2.46. The summed E-state index contributed by atoms with van der Waals surface area (Å²) in [5.74, 6) is -0.352. The second-order valence-electron chi connectivity index (χ2n) is 6.60.